The van der Waals surface area contributed by atoms with E-state index < -0.39 is 0 Å². The van der Waals surface area contributed by atoms with Gasteiger partial charge in [-0.2, -0.15) is 0 Å². The number of nitrogens with zero attached hydrogens (tertiary/aromatic N) is 2. The van der Waals surface area contributed by atoms with Crippen LogP contribution in [0.1, 0.15) is 0 Å². The van der Waals surface area contributed by atoms with Crippen molar-refractivity contribution < 1.29 is 22.2 Å². The molecule has 2 amide bonds. The number of urea groups is 1. The smallest absolute Gasteiger partial charge is 0.322 e. The Balaban J connectivity index is 0.00000208. The summed E-state index contributed by atoms with van der Waals surface area (Å²) in [5, 5.41) is 6.20. The molecule has 0 radical (unpaired) electrons. The topological polar surface area (TPSA) is 61.8 Å². The molecule has 128 valence electrons. The minimum Gasteiger partial charge on any atom is -1.00 e. The van der Waals surface area contributed by atoms with E-state index in [-0.39, 0.29) is 18.4 Å². The molecule has 0 saturated carbocycles. The van der Waals surface area contributed by atoms with Crippen molar-refractivity contribution in [2.24, 2.45) is 0 Å². The zero-order valence-corrected chi connectivity index (χ0v) is 14.4. The molecule has 0 spiro atoms. The first-order valence-electron chi connectivity index (χ1n) is 7.79. The van der Waals surface area contributed by atoms with Crippen molar-refractivity contribution in [1.82, 2.24) is 9.80 Å². The highest BCUT2D eigenvalue weighted by Gasteiger charge is 2.19. The Morgan fingerprint density at radius 3 is 2.33 bits per heavy atom. The van der Waals surface area contributed by atoms with Crippen molar-refractivity contribution in [2.45, 2.75) is 0 Å². The van der Waals surface area contributed by atoms with Crippen molar-refractivity contribution in [3.05, 3.63) is 48.7 Å². The van der Waals surface area contributed by atoms with Gasteiger partial charge in [-0.15, -0.1) is 0 Å². The number of aromatic amines is 1. The molecule has 3 N–H and O–H groups in total. The highest BCUT2D eigenvalue weighted by atomic mass is 35.5. The van der Waals surface area contributed by atoms with E-state index in [4.69, 9.17) is 0 Å². The zero-order chi connectivity index (χ0) is 16.1. The van der Waals surface area contributed by atoms with Crippen LogP contribution in [0, 0.1) is 0 Å². The van der Waals surface area contributed by atoms with Crippen LogP contribution in [-0.4, -0.2) is 49.1 Å². The van der Waals surface area contributed by atoms with Crippen LogP contribution < -0.4 is 28.0 Å². The summed E-state index contributed by atoms with van der Waals surface area (Å²) >= 11 is 0. The predicted octanol–water partition coefficient (Wildman–Crippen LogP) is -0.972. The molecule has 0 unspecified atom stereocenters. The van der Waals surface area contributed by atoms with E-state index in [1.807, 2.05) is 47.4 Å². The molecule has 1 aliphatic rings. The standard InChI is InChI=1S/C17H21N5O.ClH/c1-21-9-11-22(12-10-21)17(23)20-15-7-8-16(18-13-15)19-14-5-3-2-4-6-14;/h2-8,13H,9-12H2,1H3,(H,18,19)(H,20,23);1H. The van der Waals surface area contributed by atoms with Gasteiger partial charge in [0.2, 0.25) is 0 Å². The summed E-state index contributed by atoms with van der Waals surface area (Å²) in [4.78, 5) is 19.4. The largest absolute Gasteiger partial charge is 1.00 e. The number of aromatic nitrogens is 1. The number of hydrogen-bond donors (Lipinski definition) is 2. The van der Waals surface area contributed by atoms with Crippen LogP contribution in [0.4, 0.5) is 22.0 Å². The molecule has 0 atom stereocenters. The summed E-state index contributed by atoms with van der Waals surface area (Å²) in [5.74, 6) is 0.869. The Morgan fingerprint density at radius 2 is 1.71 bits per heavy atom. The number of rotatable bonds is 3. The predicted molar refractivity (Wildman–Crippen MR) is 90.8 cm³/mol. The van der Waals surface area contributed by atoms with Gasteiger partial charge in [-0.3, -0.25) is 0 Å². The monoisotopic (exact) mass is 347 g/mol. The number of likely N-dealkylation sites (N-methyl/N-ethyl adjacent to an activating group) is 1. The van der Waals surface area contributed by atoms with Gasteiger partial charge < -0.3 is 27.5 Å². The second kappa shape index (κ2) is 8.52. The van der Waals surface area contributed by atoms with Crippen LogP contribution >= 0.6 is 0 Å². The second-order valence-corrected chi connectivity index (χ2v) is 5.70. The molecular formula is C17H22ClN5O. The number of amides is 2. The number of piperazine rings is 1. The number of para-hydroxylation sites is 1. The molecule has 1 aromatic heterocycles. The van der Waals surface area contributed by atoms with Crippen molar-refractivity contribution in [2.75, 3.05) is 43.9 Å². The minimum absolute atomic E-state index is 0. The third-order valence-electron chi connectivity index (χ3n) is 3.91. The maximum atomic E-state index is 12.2. The minimum atomic E-state index is -0.0460. The number of halogens is 1. The highest BCUT2D eigenvalue weighted by Crippen LogP contribution is 2.13. The molecule has 6 nitrogen and oxygen atoms in total. The Hall–Kier alpha value is -2.31. The van der Waals surface area contributed by atoms with Gasteiger partial charge in [0, 0.05) is 32.2 Å². The van der Waals surface area contributed by atoms with Gasteiger partial charge in [-0.05, 0) is 25.2 Å². The molecule has 3 rings (SSSR count). The van der Waals surface area contributed by atoms with E-state index in [1.54, 1.807) is 6.20 Å². The Labute approximate surface area is 148 Å². The van der Waals surface area contributed by atoms with Gasteiger partial charge in [0.05, 0.1) is 5.69 Å². The Bertz CT molecular complexity index is 642. The van der Waals surface area contributed by atoms with Crippen molar-refractivity contribution in [3.63, 3.8) is 0 Å². The van der Waals surface area contributed by atoms with Crippen LogP contribution in [0.3, 0.4) is 0 Å². The van der Waals surface area contributed by atoms with Crippen molar-refractivity contribution >= 4 is 23.2 Å². The molecule has 1 aliphatic heterocycles. The number of carbonyl (C=O) groups excluding carboxylic acids is 1. The summed E-state index contributed by atoms with van der Waals surface area (Å²) in [6.45, 7) is 3.36. The highest BCUT2D eigenvalue weighted by molar-refractivity contribution is 5.89. The van der Waals surface area contributed by atoms with Gasteiger partial charge in [-0.1, -0.05) is 18.2 Å². The molecule has 0 aliphatic carbocycles. The van der Waals surface area contributed by atoms with E-state index in [1.165, 1.54) is 0 Å². The SMILES string of the molecule is CN1CCN(C(=O)Nc2ccc(Nc3ccccc3)[nH+]c2)CC1.[Cl-]. The van der Waals surface area contributed by atoms with Gasteiger partial charge in [-0.25, -0.2) is 15.1 Å². The van der Waals surface area contributed by atoms with E-state index in [2.05, 4.69) is 27.6 Å². The first kappa shape index (κ1) is 18.0. The molecule has 1 fully saturated rings. The number of benzene rings is 1. The number of H-pyrrole nitrogens is 1. The van der Waals surface area contributed by atoms with Gasteiger partial charge in [0.15, 0.2) is 0 Å². The number of hydrogen-bond acceptors (Lipinski definition) is 3. The van der Waals surface area contributed by atoms with Gasteiger partial charge >= 0.3 is 6.03 Å². The third kappa shape index (κ3) is 4.84. The molecule has 1 aromatic carbocycles. The Morgan fingerprint density at radius 1 is 1.00 bits per heavy atom. The summed E-state index contributed by atoms with van der Waals surface area (Å²) in [7, 11) is 2.07. The maximum absolute atomic E-state index is 12.2. The molecule has 2 aromatic rings. The summed E-state index contributed by atoms with van der Waals surface area (Å²) in [6, 6.07) is 13.7. The van der Waals surface area contributed by atoms with Crippen LogP contribution in [0.2, 0.25) is 0 Å². The fourth-order valence-corrected chi connectivity index (χ4v) is 2.47. The molecule has 1 saturated heterocycles. The van der Waals surface area contributed by atoms with E-state index in [9.17, 15) is 4.79 Å². The average Bonchev–Trinajstić information content (AvgIpc) is 2.58. The quantitative estimate of drug-likeness (QED) is 0.751. The lowest BCUT2D eigenvalue weighted by Gasteiger charge is -2.32. The molecular weight excluding hydrogens is 326 g/mol. The zero-order valence-electron chi connectivity index (χ0n) is 13.6. The molecule has 7 heteroatoms. The van der Waals surface area contributed by atoms with Crippen LogP contribution in [0.25, 0.3) is 0 Å². The van der Waals surface area contributed by atoms with Gasteiger partial charge in [0.1, 0.15) is 11.9 Å². The van der Waals surface area contributed by atoms with E-state index in [0.717, 1.165) is 43.4 Å². The lowest BCUT2D eigenvalue weighted by Crippen LogP contribution is -3.00. The number of nitrogens with one attached hydrogen (secondary N) is 3. The van der Waals surface area contributed by atoms with Gasteiger partial charge in [0.25, 0.3) is 5.82 Å². The van der Waals surface area contributed by atoms with Crippen molar-refractivity contribution in [3.8, 4) is 0 Å². The lowest BCUT2D eigenvalue weighted by atomic mass is 10.3. The fourth-order valence-electron chi connectivity index (χ4n) is 2.47. The van der Waals surface area contributed by atoms with Crippen LogP contribution in [0.15, 0.2) is 48.7 Å². The third-order valence-corrected chi connectivity index (χ3v) is 3.91. The molecule has 24 heavy (non-hydrogen) atoms. The number of carbonyl (C=O) groups is 1. The molecule has 2 heterocycles. The fraction of sp³-hybridized carbons (Fsp3) is 0.294. The van der Waals surface area contributed by atoms with E-state index in [0.29, 0.717) is 0 Å². The number of pyridine rings is 1. The normalized spacial score (nSPS) is 14.6. The maximum Gasteiger partial charge on any atom is 0.322 e. The number of anilines is 3. The second-order valence-electron chi connectivity index (χ2n) is 5.70. The molecule has 0 bridgehead atoms. The summed E-state index contributed by atoms with van der Waals surface area (Å²) in [6.07, 6.45) is 1.79. The summed E-state index contributed by atoms with van der Waals surface area (Å²) in [5.41, 5.74) is 1.77. The van der Waals surface area contributed by atoms with Crippen LogP contribution in [0.5, 0.6) is 0 Å². The Kier molecular flexibility index (Phi) is 6.40. The lowest BCUT2D eigenvalue weighted by molar-refractivity contribution is -0.359. The average molecular weight is 348 g/mol. The first-order chi connectivity index (χ1) is 11.2. The van der Waals surface area contributed by atoms with Crippen LogP contribution in [-0.2, 0) is 0 Å². The van der Waals surface area contributed by atoms with E-state index >= 15 is 0 Å². The summed E-state index contributed by atoms with van der Waals surface area (Å²) < 4.78 is 0. The van der Waals surface area contributed by atoms with Crippen molar-refractivity contribution in [1.29, 1.82) is 0 Å². The first-order valence-corrected chi connectivity index (χ1v) is 7.79.